The summed E-state index contributed by atoms with van der Waals surface area (Å²) in [5.74, 6) is -1.02. The van der Waals surface area contributed by atoms with Crippen molar-refractivity contribution in [2.75, 3.05) is 0 Å². The molecular weight excluding hydrogens is 242 g/mol. The minimum Gasteiger partial charge on any atom is -0.478 e. The lowest BCUT2D eigenvalue weighted by atomic mass is 10.1. The van der Waals surface area contributed by atoms with Crippen molar-refractivity contribution in [2.45, 2.75) is 0 Å². The first kappa shape index (κ1) is 11.3. The Kier molecular flexibility index (Phi) is 3.20. The number of rotatable bonds is 3. The van der Waals surface area contributed by atoms with E-state index >= 15 is 0 Å². The van der Waals surface area contributed by atoms with Crippen LogP contribution >= 0.6 is 11.6 Å². The van der Waals surface area contributed by atoms with Crippen molar-refractivity contribution in [1.29, 1.82) is 0 Å². The second-order valence-corrected chi connectivity index (χ2v) is 3.65. The Balaban J connectivity index is 2.48. The maximum atomic E-state index is 10.5. The fraction of sp³-hybridized carbons (Fsp3) is 0. The third-order valence-corrected chi connectivity index (χ3v) is 2.30. The molecule has 1 aromatic heterocycles. The van der Waals surface area contributed by atoms with Gasteiger partial charge in [0, 0.05) is 16.7 Å². The first-order valence-electron chi connectivity index (χ1n) is 4.72. The van der Waals surface area contributed by atoms with E-state index in [-0.39, 0.29) is 0 Å². The van der Waals surface area contributed by atoms with Gasteiger partial charge in [-0.25, -0.2) is 14.5 Å². The van der Waals surface area contributed by atoms with Crippen molar-refractivity contribution in [3.8, 4) is 5.69 Å². The van der Waals surface area contributed by atoms with E-state index in [1.807, 2.05) is 0 Å². The van der Waals surface area contributed by atoms with Crippen molar-refractivity contribution in [1.82, 2.24) is 14.8 Å². The molecule has 2 rings (SSSR count). The lowest BCUT2D eigenvalue weighted by Crippen LogP contribution is -1.97. The summed E-state index contributed by atoms with van der Waals surface area (Å²) in [7, 11) is 0. The topological polar surface area (TPSA) is 68.0 Å². The molecule has 0 radical (unpaired) electrons. The molecule has 0 bridgehead atoms. The molecule has 0 fully saturated rings. The van der Waals surface area contributed by atoms with Gasteiger partial charge in [-0.05, 0) is 24.3 Å². The minimum absolute atomic E-state index is 0.527. The predicted molar refractivity (Wildman–Crippen MR) is 63.0 cm³/mol. The Morgan fingerprint density at radius 1 is 1.47 bits per heavy atom. The lowest BCUT2D eigenvalue weighted by Gasteiger charge is -2.05. The number of carbonyl (C=O) groups is 1. The molecule has 17 heavy (non-hydrogen) atoms. The molecule has 0 aliphatic carbocycles. The second kappa shape index (κ2) is 4.80. The molecule has 0 aliphatic heterocycles. The molecule has 6 heteroatoms. The van der Waals surface area contributed by atoms with Gasteiger partial charge in [0.25, 0.3) is 0 Å². The SMILES string of the molecule is O=C(O)/C=C/c1cc(Cl)ccc1-n1cncn1. The molecule has 0 saturated heterocycles. The zero-order chi connectivity index (χ0) is 12.3. The number of benzene rings is 1. The molecular formula is C11H8ClN3O2. The molecule has 0 aliphatic rings. The van der Waals surface area contributed by atoms with E-state index in [9.17, 15) is 4.79 Å². The van der Waals surface area contributed by atoms with Crippen LogP contribution in [0.15, 0.2) is 36.9 Å². The molecule has 2 aromatic rings. The third-order valence-electron chi connectivity index (χ3n) is 2.06. The van der Waals surface area contributed by atoms with Crippen molar-refractivity contribution in [3.05, 3.63) is 47.5 Å². The lowest BCUT2D eigenvalue weighted by molar-refractivity contribution is -0.131. The van der Waals surface area contributed by atoms with Gasteiger partial charge in [-0.15, -0.1) is 0 Å². The fourth-order valence-corrected chi connectivity index (χ4v) is 1.54. The summed E-state index contributed by atoms with van der Waals surface area (Å²) in [5.41, 5.74) is 1.37. The van der Waals surface area contributed by atoms with Crippen molar-refractivity contribution in [2.24, 2.45) is 0 Å². The second-order valence-electron chi connectivity index (χ2n) is 3.21. The van der Waals surface area contributed by atoms with Crippen LogP contribution in [-0.4, -0.2) is 25.8 Å². The average Bonchev–Trinajstić information content (AvgIpc) is 2.80. The van der Waals surface area contributed by atoms with E-state index < -0.39 is 5.97 Å². The van der Waals surface area contributed by atoms with Gasteiger partial charge in [-0.3, -0.25) is 0 Å². The molecule has 0 spiro atoms. The monoisotopic (exact) mass is 249 g/mol. The minimum atomic E-state index is -1.02. The smallest absolute Gasteiger partial charge is 0.328 e. The molecule has 5 nitrogen and oxygen atoms in total. The van der Waals surface area contributed by atoms with E-state index in [1.165, 1.54) is 23.4 Å². The van der Waals surface area contributed by atoms with Crippen LogP contribution in [0.5, 0.6) is 0 Å². The molecule has 1 aromatic carbocycles. The van der Waals surface area contributed by atoms with Gasteiger partial charge < -0.3 is 5.11 Å². The van der Waals surface area contributed by atoms with E-state index in [0.717, 1.165) is 6.08 Å². The Bertz CT molecular complexity index is 564. The molecule has 0 unspecified atom stereocenters. The van der Waals surface area contributed by atoms with Crippen LogP contribution < -0.4 is 0 Å². The van der Waals surface area contributed by atoms with Gasteiger partial charge in [0.05, 0.1) is 5.69 Å². The number of carboxylic acid groups (broad SMARTS) is 1. The number of halogens is 1. The van der Waals surface area contributed by atoms with E-state index in [0.29, 0.717) is 16.3 Å². The van der Waals surface area contributed by atoms with Gasteiger partial charge in [-0.2, -0.15) is 5.10 Å². The van der Waals surface area contributed by atoms with Crippen molar-refractivity contribution >= 4 is 23.6 Å². The number of hydrogen-bond donors (Lipinski definition) is 1. The predicted octanol–water partition coefficient (Wildman–Crippen LogP) is 2.02. The van der Waals surface area contributed by atoms with Crippen LogP contribution in [0.3, 0.4) is 0 Å². The largest absolute Gasteiger partial charge is 0.478 e. The molecule has 0 saturated carbocycles. The van der Waals surface area contributed by atoms with Crippen LogP contribution in [0.2, 0.25) is 5.02 Å². The standard InChI is InChI=1S/C11H8ClN3O2/c12-9-2-3-10(15-7-13-6-14-15)8(5-9)1-4-11(16)17/h1-7H,(H,16,17)/b4-1+. The summed E-state index contributed by atoms with van der Waals surface area (Å²) < 4.78 is 1.54. The summed E-state index contributed by atoms with van der Waals surface area (Å²) in [4.78, 5) is 14.3. The molecule has 86 valence electrons. The van der Waals surface area contributed by atoms with Gasteiger partial charge >= 0.3 is 5.97 Å². The zero-order valence-corrected chi connectivity index (χ0v) is 9.37. The highest BCUT2D eigenvalue weighted by Crippen LogP contribution is 2.20. The number of carboxylic acids is 1. The number of hydrogen-bond acceptors (Lipinski definition) is 3. The number of nitrogens with zero attached hydrogens (tertiary/aromatic N) is 3. The fourth-order valence-electron chi connectivity index (χ4n) is 1.36. The Hall–Kier alpha value is -2.14. The highest BCUT2D eigenvalue weighted by Gasteiger charge is 2.04. The van der Waals surface area contributed by atoms with Crippen molar-refractivity contribution in [3.63, 3.8) is 0 Å². The van der Waals surface area contributed by atoms with Gasteiger partial charge in [0.15, 0.2) is 0 Å². The highest BCUT2D eigenvalue weighted by molar-refractivity contribution is 6.30. The molecule has 0 atom stereocenters. The summed E-state index contributed by atoms with van der Waals surface area (Å²) in [5, 5.41) is 13.1. The summed E-state index contributed by atoms with van der Waals surface area (Å²) in [6.45, 7) is 0. The highest BCUT2D eigenvalue weighted by atomic mass is 35.5. The zero-order valence-electron chi connectivity index (χ0n) is 8.62. The molecule has 0 amide bonds. The molecule has 1 N–H and O–H groups in total. The van der Waals surface area contributed by atoms with E-state index in [2.05, 4.69) is 10.1 Å². The Morgan fingerprint density at radius 2 is 2.29 bits per heavy atom. The summed E-state index contributed by atoms with van der Waals surface area (Å²) in [6, 6.07) is 5.12. The van der Waals surface area contributed by atoms with Crippen LogP contribution in [0.25, 0.3) is 11.8 Å². The van der Waals surface area contributed by atoms with Gasteiger partial charge in [0.2, 0.25) is 0 Å². The van der Waals surface area contributed by atoms with Gasteiger partial charge in [-0.1, -0.05) is 11.6 Å². The quantitative estimate of drug-likeness (QED) is 0.845. The van der Waals surface area contributed by atoms with E-state index in [4.69, 9.17) is 16.7 Å². The normalized spacial score (nSPS) is 10.9. The first-order chi connectivity index (χ1) is 8.16. The average molecular weight is 250 g/mol. The van der Waals surface area contributed by atoms with Gasteiger partial charge in [0.1, 0.15) is 12.7 Å². The maximum absolute atomic E-state index is 10.5. The van der Waals surface area contributed by atoms with Crippen molar-refractivity contribution < 1.29 is 9.90 Å². The van der Waals surface area contributed by atoms with Crippen LogP contribution in [-0.2, 0) is 4.79 Å². The van der Waals surface area contributed by atoms with Crippen LogP contribution in [0, 0.1) is 0 Å². The maximum Gasteiger partial charge on any atom is 0.328 e. The third kappa shape index (κ3) is 2.70. The molecule has 1 heterocycles. The number of aromatic nitrogens is 3. The number of aliphatic carboxylic acids is 1. The summed E-state index contributed by atoms with van der Waals surface area (Å²) in [6.07, 6.45) is 5.44. The van der Waals surface area contributed by atoms with Crippen LogP contribution in [0.1, 0.15) is 5.56 Å². The Labute approximate surface area is 102 Å². The van der Waals surface area contributed by atoms with Crippen LogP contribution in [0.4, 0.5) is 0 Å². The summed E-state index contributed by atoms with van der Waals surface area (Å²) >= 11 is 5.87. The first-order valence-corrected chi connectivity index (χ1v) is 5.10. The van der Waals surface area contributed by atoms with E-state index in [1.54, 1.807) is 18.2 Å². The Morgan fingerprint density at radius 3 is 2.94 bits per heavy atom.